The van der Waals surface area contributed by atoms with E-state index in [2.05, 4.69) is 38.7 Å². The number of anilines is 2. The van der Waals surface area contributed by atoms with E-state index < -0.39 is 10.0 Å². The molecule has 0 bridgehead atoms. The Kier molecular flexibility index (Phi) is 7.64. The molecule has 0 saturated carbocycles. The third-order valence-electron chi connectivity index (χ3n) is 5.79. The molecule has 1 saturated heterocycles. The van der Waals surface area contributed by atoms with Crippen LogP contribution in [0.3, 0.4) is 0 Å². The molecule has 8 nitrogen and oxygen atoms in total. The normalized spacial score (nSPS) is 14.7. The zero-order chi connectivity index (χ0) is 24.0. The minimum atomic E-state index is -3.73. The van der Waals surface area contributed by atoms with Gasteiger partial charge in [0.15, 0.2) is 5.82 Å². The summed E-state index contributed by atoms with van der Waals surface area (Å²) in [7, 11) is -1.62. The molecule has 180 valence electrons. The molecule has 1 fully saturated rings. The van der Waals surface area contributed by atoms with Crippen LogP contribution in [0, 0.1) is 0 Å². The van der Waals surface area contributed by atoms with Gasteiger partial charge in [-0.2, -0.15) is 0 Å². The lowest BCUT2D eigenvalue weighted by atomic mass is 10.1. The van der Waals surface area contributed by atoms with Gasteiger partial charge in [0.2, 0.25) is 0 Å². The second-order valence-electron chi connectivity index (χ2n) is 8.43. The Bertz CT molecular complexity index is 1180. The van der Waals surface area contributed by atoms with Crippen molar-refractivity contribution in [2.24, 2.45) is 0 Å². The van der Waals surface area contributed by atoms with Gasteiger partial charge in [0.05, 0.1) is 17.2 Å². The standard InChI is InChI=1S/C25H31N5O3S/c1-3-4-18-33-22-8-10-23(11-9-22)34(31,32)28-21-7-5-6-20(19-21)24-12-13-25(27-26-24)30-16-14-29(2)15-17-30/h5-13,19,28H,3-4,14-18H2,1-2H3. The minimum Gasteiger partial charge on any atom is -0.494 e. The number of unbranched alkanes of at least 4 members (excludes halogenated alkanes) is 1. The molecular formula is C25H31N5O3S. The predicted octanol–water partition coefficient (Wildman–Crippen LogP) is 3.88. The van der Waals surface area contributed by atoms with E-state index in [1.807, 2.05) is 18.2 Å². The van der Waals surface area contributed by atoms with Crippen LogP contribution in [0.15, 0.2) is 65.6 Å². The van der Waals surface area contributed by atoms with Gasteiger partial charge < -0.3 is 14.5 Å². The first-order valence-electron chi connectivity index (χ1n) is 11.6. The van der Waals surface area contributed by atoms with E-state index in [-0.39, 0.29) is 4.90 Å². The van der Waals surface area contributed by atoms with Crippen molar-refractivity contribution >= 4 is 21.5 Å². The van der Waals surface area contributed by atoms with Gasteiger partial charge in [-0.25, -0.2) is 8.42 Å². The Balaban J connectivity index is 1.44. The van der Waals surface area contributed by atoms with Gasteiger partial charge in [0.25, 0.3) is 10.0 Å². The molecule has 0 radical (unpaired) electrons. The average Bonchev–Trinajstić information content (AvgIpc) is 2.85. The first kappa shape index (κ1) is 24.0. The molecule has 0 atom stereocenters. The molecule has 1 N–H and O–H groups in total. The van der Waals surface area contributed by atoms with Gasteiger partial charge >= 0.3 is 0 Å². The Labute approximate surface area is 201 Å². The van der Waals surface area contributed by atoms with Crippen LogP contribution in [-0.4, -0.2) is 63.3 Å². The van der Waals surface area contributed by atoms with Crippen molar-refractivity contribution in [1.29, 1.82) is 0 Å². The molecule has 9 heteroatoms. The average molecular weight is 482 g/mol. The molecule has 0 aliphatic carbocycles. The Morgan fingerprint density at radius 3 is 2.41 bits per heavy atom. The third kappa shape index (κ3) is 6.03. The predicted molar refractivity (Wildman–Crippen MR) is 135 cm³/mol. The number of hydrogen-bond acceptors (Lipinski definition) is 7. The smallest absolute Gasteiger partial charge is 0.261 e. The van der Waals surface area contributed by atoms with Gasteiger partial charge in [-0.1, -0.05) is 25.5 Å². The zero-order valence-corrected chi connectivity index (χ0v) is 20.5. The molecule has 0 amide bonds. The SMILES string of the molecule is CCCCOc1ccc(S(=O)(=O)Nc2cccc(-c3ccc(N4CCN(C)CC4)nn3)c2)cc1. The highest BCUT2D eigenvalue weighted by molar-refractivity contribution is 7.92. The number of hydrogen-bond donors (Lipinski definition) is 1. The van der Waals surface area contributed by atoms with Crippen molar-refractivity contribution in [3.8, 4) is 17.0 Å². The summed E-state index contributed by atoms with van der Waals surface area (Å²) >= 11 is 0. The molecule has 1 aliphatic heterocycles. The van der Waals surface area contributed by atoms with Gasteiger partial charge in [-0.3, -0.25) is 4.72 Å². The fourth-order valence-electron chi connectivity index (χ4n) is 3.69. The summed E-state index contributed by atoms with van der Waals surface area (Å²) in [6.07, 6.45) is 2.00. The van der Waals surface area contributed by atoms with Crippen molar-refractivity contribution < 1.29 is 13.2 Å². The summed E-state index contributed by atoms with van der Waals surface area (Å²) in [6.45, 7) is 6.56. The van der Waals surface area contributed by atoms with Crippen molar-refractivity contribution in [2.75, 3.05) is 49.5 Å². The van der Waals surface area contributed by atoms with Crippen LogP contribution in [0.2, 0.25) is 0 Å². The second kappa shape index (κ2) is 10.8. The largest absolute Gasteiger partial charge is 0.494 e. The van der Waals surface area contributed by atoms with Gasteiger partial charge in [-0.05, 0) is 62.0 Å². The van der Waals surface area contributed by atoms with E-state index >= 15 is 0 Å². The first-order chi connectivity index (χ1) is 16.4. The highest BCUT2D eigenvalue weighted by Gasteiger charge is 2.17. The highest BCUT2D eigenvalue weighted by atomic mass is 32.2. The molecule has 2 heterocycles. The Hall–Kier alpha value is -3.17. The number of rotatable bonds is 9. The summed E-state index contributed by atoms with van der Waals surface area (Å²) in [5.74, 6) is 1.52. The van der Waals surface area contributed by atoms with E-state index in [1.165, 1.54) is 0 Å². The van der Waals surface area contributed by atoms with E-state index in [0.29, 0.717) is 23.7 Å². The number of piperazine rings is 1. The number of nitrogens with zero attached hydrogens (tertiary/aromatic N) is 4. The number of benzene rings is 2. The number of aromatic nitrogens is 2. The summed E-state index contributed by atoms with van der Waals surface area (Å²) in [6, 6.07) is 17.5. The molecule has 34 heavy (non-hydrogen) atoms. The lowest BCUT2D eigenvalue weighted by Gasteiger charge is -2.32. The lowest BCUT2D eigenvalue weighted by molar-refractivity contribution is 0.309. The van der Waals surface area contributed by atoms with Crippen LogP contribution >= 0.6 is 0 Å². The fraction of sp³-hybridized carbons (Fsp3) is 0.360. The number of likely N-dealkylation sites (N-methyl/N-ethyl adjacent to an activating group) is 1. The van der Waals surface area contributed by atoms with Crippen LogP contribution in [0.1, 0.15) is 19.8 Å². The van der Waals surface area contributed by atoms with Crippen LogP contribution in [0.5, 0.6) is 5.75 Å². The van der Waals surface area contributed by atoms with Crippen molar-refractivity contribution in [3.63, 3.8) is 0 Å². The Morgan fingerprint density at radius 1 is 0.971 bits per heavy atom. The van der Waals surface area contributed by atoms with Crippen LogP contribution in [0.25, 0.3) is 11.3 Å². The van der Waals surface area contributed by atoms with E-state index in [0.717, 1.165) is 50.4 Å². The van der Waals surface area contributed by atoms with E-state index in [9.17, 15) is 8.42 Å². The van der Waals surface area contributed by atoms with E-state index in [4.69, 9.17) is 4.74 Å². The summed E-state index contributed by atoms with van der Waals surface area (Å²) in [5, 5.41) is 8.78. The first-order valence-corrected chi connectivity index (χ1v) is 13.1. The van der Waals surface area contributed by atoms with Gasteiger partial charge in [-0.15, -0.1) is 10.2 Å². The molecule has 4 rings (SSSR count). The maximum Gasteiger partial charge on any atom is 0.261 e. The second-order valence-corrected chi connectivity index (χ2v) is 10.1. The molecular weight excluding hydrogens is 450 g/mol. The fourth-order valence-corrected chi connectivity index (χ4v) is 4.74. The number of sulfonamides is 1. The van der Waals surface area contributed by atoms with Crippen LogP contribution < -0.4 is 14.4 Å². The van der Waals surface area contributed by atoms with E-state index in [1.54, 1.807) is 42.5 Å². The van der Waals surface area contributed by atoms with Gasteiger partial charge in [0, 0.05) is 37.4 Å². The molecule has 1 aliphatic rings. The topological polar surface area (TPSA) is 87.7 Å². The van der Waals surface area contributed by atoms with Crippen molar-refractivity contribution in [3.05, 3.63) is 60.7 Å². The van der Waals surface area contributed by atoms with Crippen molar-refractivity contribution in [1.82, 2.24) is 15.1 Å². The maximum absolute atomic E-state index is 12.9. The minimum absolute atomic E-state index is 0.178. The van der Waals surface area contributed by atoms with Crippen LogP contribution in [0.4, 0.5) is 11.5 Å². The summed E-state index contributed by atoms with van der Waals surface area (Å²) in [5.41, 5.74) is 1.94. The molecule has 2 aromatic carbocycles. The Morgan fingerprint density at radius 2 is 1.74 bits per heavy atom. The molecule has 1 aromatic heterocycles. The lowest BCUT2D eigenvalue weighted by Crippen LogP contribution is -2.44. The molecule has 3 aromatic rings. The molecule has 0 spiro atoms. The zero-order valence-electron chi connectivity index (χ0n) is 19.6. The van der Waals surface area contributed by atoms with Crippen LogP contribution in [-0.2, 0) is 10.0 Å². The maximum atomic E-state index is 12.9. The molecule has 0 unspecified atom stereocenters. The monoisotopic (exact) mass is 481 g/mol. The number of nitrogens with one attached hydrogen (secondary N) is 1. The summed E-state index contributed by atoms with van der Waals surface area (Å²) in [4.78, 5) is 4.69. The summed E-state index contributed by atoms with van der Waals surface area (Å²) < 4.78 is 34.0. The van der Waals surface area contributed by atoms with Gasteiger partial charge in [0.1, 0.15) is 5.75 Å². The highest BCUT2D eigenvalue weighted by Crippen LogP contribution is 2.25. The third-order valence-corrected chi connectivity index (χ3v) is 7.19. The number of ether oxygens (including phenoxy) is 1. The van der Waals surface area contributed by atoms with Crippen molar-refractivity contribution in [2.45, 2.75) is 24.7 Å². The quantitative estimate of drug-likeness (QED) is 0.464.